The molecule has 4 aromatic rings. The van der Waals surface area contributed by atoms with Crippen LogP contribution in [0, 0.1) is 17.1 Å². The van der Waals surface area contributed by atoms with Crippen molar-refractivity contribution in [2.75, 3.05) is 25.0 Å². The number of halogens is 1. The lowest BCUT2D eigenvalue weighted by atomic mass is 9.93. The van der Waals surface area contributed by atoms with Crippen LogP contribution >= 0.6 is 11.3 Å². The van der Waals surface area contributed by atoms with E-state index in [9.17, 15) is 14.4 Å². The summed E-state index contributed by atoms with van der Waals surface area (Å²) in [7, 11) is 1.93. The molecule has 0 bridgehead atoms. The number of aromatic nitrogens is 4. The first kappa shape index (κ1) is 27.5. The molecule has 0 saturated carbocycles. The fourth-order valence-corrected chi connectivity index (χ4v) is 5.71. The average molecular weight is 562 g/mol. The third kappa shape index (κ3) is 5.49. The minimum absolute atomic E-state index is 0.211. The average Bonchev–Trinajstić information content (AvgIpc) is 3.56. The van der Waals surface area contributed by atoms with E-state index < -0.39 is 11.4 Å². The number of hydrogen-bond acceptors (Lipinski definition) is 8. The Hall–Kier alpha value is -4.04. The molecule has 0 unspecified atom stereocenters. The lowest BCUT2D eigenvalue weighted by molar-refractivity contribution is 0.0204. The molecule has 1 fully saturated rings. The fourth-order valence-electron chi connectivity index (χ4n) is 4.92. The van der Waals surface area contributed by atoms with Crippen LogP contribution in [-0.4, -0.2) is 56.3 Å². The molecule has 0 aliphatic carbocycles. The number of hydrogen-bond donors (Lipinski definition) is 0. The Balaban J connectivity index is 1.41. The van der Waals surface area contributed by atoms with Gasteiger partial charge in [0.1, 0.15) is 11.4 Å². The van der Waals surface area contributed by atoms with Gasteiger partial charge in [0, 0.05) is 37.0 Å². The van der Waals surface area contributed by atoms with E-state index in [1.807, 2.05) is 54.7 Å². The van der Waals surface area contributed by atoms with Gasteiger partial charge in [-0.1, -0.05) is 6.92 Å². The molecule has 9 nitrogen and oxygen atoms in total. The molecular formula is C29H32FN7O2S. The van der Waals surface area contributed by atoms with E-state index in [1.165, 1.54) is 23.5 Å². The van der Waals surface area contributed by atoms with E-state index >= 15 is 0 Å². The largest absolute Gasteiger partial charge is 0.444 e. The first-order valence-corrected chi connectivity index (χ1v) is 14.2. The van der Waals surface area contributed by atoms with E-state index in [0.29, 0.717) is 35.9 Å². The highest BCUT2D eigenvalue weighted by Gasteiger charge is 2.29. The SMILES string of the molecule is CCc1nc2ccc(C3CCN(C(=O)OC(C)(C)C)CC3)nn2c1N(C)c1nc(-c2ccc(F)cc2C#N)cs1. The topological polar surface area (TPSA) is 99.7 Å². The van der Waals surface area contributed by atoms with Crippen LogP contribution < -0.4 is 4.90 Å². The quantitative estimate of drug-likeness (QED) is 0.282. The number of ether oxygens (including phenoxy) is 1. The number of fused-ring (bicyclic) bond motifs is 1. The molecule has 1 aliphatic heterocycles. The van der Waals surface area contributed by atoms with Crippen LogP contribution in [0.1, 0.15) is 63.4 Å². The van der Waals surface area contributed by atoms with Crippen LogP contribution in [0.4, 0.5) is 20.1 Å². The predicted molar refractivity (Wildman–Crippen MR) is 152 cm³/mol. The van der Waals surface area contributed by atoms with Crippen LogP contribution in [0.2, 0.25) is 0 Å². The van der Waals surface area contributed by atoms with Gasteiger partial charge in [-0.15, -0.1) is 11.3 Å². The zero-order chi connectivity index (χ0) is 28.6. The van der Waals surface area contributed by atoms with Crippen molar-refractivity contribution in [2.24, 2.45) is 0 Å². The summed E-state index contributed by atoms with van der Waals surface area (Å²) in [5.41, 5.74) is 3.52. The molecule has 0 N–H and O–H groups in total. The minimum atomic E-state index is -0.517. The van der Waals surface area contributed by atoms with E-state index in [0.717, 1.165) is 35.7 Å². The highest BCUT2D eigenvalue weighted by molar-refractivity contribution is 7.14. The van der Waals surface area contributed by atoms with Crippen molar-refractivity contribution in [1.29, 1.82) is 5.26 Å². The van der Waals surface area contributed by atoms with Crippen molar-refractivity contribution in [3.8, 4) is 17.3 Å². The Kier molecular flexibility index (Phi) is 7.47. The predicted octanol–water partition coefficient (Wildman–Crippen LogP) is 6.31. The normalized spacial score (nSPS) is 14.4. The van der Waals surface area contributed by atoms with Gasteiger partial charge in [0.15, 0.2) is 16.6 Å². The number of likely N-dealkylation sites (tertiary alicyclic amines) is 1. The lowest BCUT2D eigenvalue weighted by Crippen LogP contribution is -2.41. The second kappa shape index (κ2) is 10.8. The van der Waals surface area contributed by atoms with Gasteiger partial charge in [0.05, 0.1) is 28.7 Å². The molecule has 208 valence electrons. The van der Waals surface area contributed by atoms with Crippen LogP contribution in [0.15, 0.2) is 35.7 Å². The number of nitrogens with zero attached hydrogens (tertiary/aromatic N) is 7. The van der Waals surface area contributed by atoms with E-state index in [4.69, 9.17) is 19.8 Å². The second-order valence-corrected chi connectivity index (χ2v) is 11.7. The zero-order valence-corrected chi connectivity index (χ0v) is 24.1. The minimum Gasteiger partial charge on any atom is -0.444 e. The summed E-state index contributed by atoms with van der Waals surface area (Å²) in [5.74, 6) is 0.581. The van der Waals surface area contributed by atoms with Gasteiger partial charge in [0.2, 0.25) is 0 Å². The van der Waals surface area contributed by atoms with Gasteiger partial charge in [0.25, 0.3) is 0 Å². The van der Waals surface area contributed by atoms with Gasteiger partial charge in [-0.3, -0.25) is 0 Å². The Morgan fingerprint density at radius 1 is 1.23 bits per heavy atom. The smallest absolute Gasteiger partial charge is 0.410 e. The summed E-state index contributed by atoms with van der Waals surface area (Å²) < 4.78 is 21.1. The number of carbonyl (C=O) groups excluding carboxylic acids is 1. The van der Waals surface area contributed by atoms with E-state index in [1.54, 1.807) is 11.0 Å². The molecule has 40 heavy (non-hydrogen) atoms. The number of amides is 1. The molecule has 0 spiro atoms. The molecule has 1 saturated heterocycles. The number of nitriles is 1. The molecule has 0 atom stereocenters. The number of benzene rings is 1. The maximum atomic E-state index is 13.7. The number of thiazole rings is 1. The Morgan fingerprint density at radius 2 is 1.98 bits per heavy atom. The molecule has 1 amide bonds. The third-order valence-electron chi connectivity index (χ3n) is 6.92. The van der Waals surface area contributed by atoms with Crippen LogP contribution in [0.3, 0.4) is 0 Å². The summed E-state index contributed by atoms with van der Waals surface area (Å²) in [6.07, 6.45) is 2.03. The van der Waals surface area contributed by atoms with Crippen molar-refractivity contribution < 1.29 is 13.9 Å². The molecular weight excluding hydrogens is 529 g/mol. The Morgan fingerprint density at radius 3 is 2.65 bits per heavy atom. The maximum Gasteiger partial charge on any atom is 0.410 e. The van der Waals surface area contributed by atoms with Gasteiger partial charge < -0.3 is 14.5 Å². The maximum absolute atomic E-state index is 13.7. The van der Waals surface area contributed by atoms with Crippen LogP contribution in [0.25, 0.3) is 16.9 Å². The summed E-state index contributed by atoms with van der Waals surface area (Å²) in [6.45, 7) is 8.91. The molecule has 1 aromatic carbocycles. The molecule has 0 radical (unpaired) electrons. The Labute approximate surface area is 236 Å². The summed E-state index contributed by atoms with van der Waals surface area (Å²) in [6, 6.07) is 10.2. The zero-order valence-electron chi connectivity index (χ0n) is 23.3. The number of aryl methyl sites for hydroxylation is 1. The molecule has 5 rings (SSSR count). The Bertz CT molecular complexity index is 1590. The molecule has 3 aromatic heterocycles. The summed E-state index contributed by atoms with van der Waals surface area (Å²) in [4.78, 5) is 25.8. The third-order valence-corrected chi connectivity index (χ3v) is 7.84. The van der Waals surface area contributed by atoms with Gasteiger partial charge in [-0.2, -0.15) is 14.9 Å². The van der Waals surface area contributed by atoms with Gasteiger partial charge in [-0.05, 0) is 70.4 Å². The number of rotatable bonds is 5. The number of piperidine rings is 1. The monoisotopic (exact) mass is 561 g/mol. The summed E-state index contributed by atoms with van der Waals surface area (Å²) in [5, 5.41) is 17.1. The molecule has 1 aliphatic rings. The van der Waals surface area contributed by atoms with Crippen LogP contribution in [-0.2, 0) is 11.2 Å². The van der Waals surface area contributed by atoms with Gasteiger partial charge >= 0.3 is 6.09 Å². The molecule has 11 heteroatoms. The standard InChI is InChI=1S/C29H32FN7O2S/c1-6-22-26(35(5)27-33-24(17-40-27)21-8-7-20(30)15-19(21)16-31)37-25(32-22)10-9-23(34-37)18-11-13-36(14-12-18)28(38)39-29(2,3)4/h7-10,15,17-18H,6,11-14H2,1-5H3. The first-order chi connectivity index (χ1) is 19.1. The van der Waals surface area contributed by atoms with E-state index in [2.05, 4.69) is 13.0 Å². The molecule has 4 heterocycles. The van der Waals surface area contributed by atoms with Crippen LogP contribution in [0.5, 0.6) is 0 Å². The lowest BCUT2D eigenvalue weighted by Gasteiger charge is -2.33. The van der Waals surface area contributed by atoms with Crippen molar-refractivity contribution in [3.63, 3.8) is 0 Å². The second-order valence-electron chi connectivity index (χ2n) is 10.9. The van der Waals surface area contributed by atoms with Crippen molar-refractivity contribution in [2.45, 2.75) is 58.5 Å². The van der Waals surface area contributed by atoms with Gasteiger partial charge in [-0.25, -0.2) is 19.2 Å². The summed E-state index contributed by atoms with van der Waals surface area (Å²) >= 11 is 1.43. The number of anilines is 2. The fraction of sp³-hybridized carbons (Fsp3) is 0.414. The van der Waals surface area contributed by atoms with Crippen molar-refractivity contribution in [1.82, 2.24) is 24.5 Å². The highest BCUT2D eigenvalue weighted by Crippen LogP contribution is 2.35. The van der Waals surface area contributed by atoms with E-state index in [-0.39, 0.29) is 17.6 Å². The van der Waals surface area contributed by atoms with Crippen molar-refractivity contribution >= 4 is 34.0 Å². The highest BCUT2D eigenvalue weighted by atomic mass is 32.1. The van der Waals surface area contributed by atoms with Crippen molar-refractivity contribution in [3.05, 3.63) is 58.5 Å². The number of imidazole rings is 1. The number of carbonyl (C=O) groups is 1. The first-order valence-electron chi connectivity index (χ1n) is 13.3.